The topological polar surface area (TPSA) is 71.3 Å². The molecule has 1 aliphatic rings. The first-order chi connectivity index (χ1) is 14.2. The van der Waals surface area contributed by atoms with Gasteiger partial charge in [-0.05, 0) is 54.8 Å². The number of nitrogens with zero attached hydrogens (tertiary/aromatic N) is 3. The summed E-state index contributed by atoms with van der Waals surface area (Å²) in [4.78, 5) is 18.6. The number of benzene rings is 1. The van der Waals surface area contributed by atoms with Crippen LogP contribution in [0.2, 0.25) is 0 Å². The predicted molar refractivity (Wildman–Crippen MR) is 106 cm³/mol. The van der Waals surface area contributed by atoms with Gasteiger partial charge in [0.2, 0.25) is 5.76 Å². The van der Waals surface area contributed by atoms with Crippen LogP contribution in [0.25, 0.3) is 0 Å². The molecule has 4 rings (SSSR count). The number of amides is 1. The van der Waals surface area contributed by atoms with Gasteiger partial charge >= 0.3 is 0 Å². The predicted octanol–water partition coefficient (Wildman–Crippen LogP) is 3.52. The SMILES string of the molecule is O=C(NCc1ccncc1)c1cc([C@H]2CCCN(Cc3ccc(F)cc3)C2)no1. The highest BCUT2D eigenvalue weighted by Gasteiger charge is 2.25. The Kier molecular flexibility index (Phi) is 5.95. The van der Waals surface area contributed by atoms with E-state index in [2.05, 4.69) is 20.4 Å². The fourth-order valence-electron chi connectivity index (χ4n) is 3.65. The molecule has 0 unspecified atom stereocenters. The van der Waals surface area contributed by atoms with Crippen LogP contribution < -0.4 is 5.32 Å². The van der Waals surface area contributed by atoms with Crippen molar-refractivity contribution < 1.29 is 13.7 Å². The number of hydrogen-bond donors (Lipinski definition) is 1. The van der Waals surface area contributed by atoms with Crippen LogP contribution in [0, 0.1) is 5.82 Å². The van der Waals surface area contributed by atoms with Crippen molar-refractivity contribution in [1.82, 2.24) is 20.4 Å². The molecule has 0 saturated carbocycles. The van der Waals surface area contributed by atoms with Crippen LogP contribution in [0.4, 0.5) is 4.39 Å². The minimum Gasteiger partial charge on any atom is -0.351 e. The largest absolute Gasteiger partial charge is 0.351 e. The number of carbonyl (C=O) groups is 1. The highest BCUT2D eigenvalue weighted by atomic mass is 19.1. The van der Waals surface area contributed by atoms with E-state index in [1.54, 1.807) is 18.5 Å². The number of nitrogens with one attached hydrogen (secondary N) is 1. The fraction of sp³-hybridized carbons (Fsp3) is 0.318. The molecule has 0 bridgehead atoms. The number of piperidine rings is 1. The lowest BCUT2D eigenvalue weighted by Gasteiger charge is -2.31. The number of halogens is 1. The van der Waals surface area contributed by atoms with E-state index >= 15 is 0 Å². The Bertz CT molecular complexity index is 943. The molecule has 1 amide bonds. The second-order valence-corrected chi connectivity index (χ2v) is 7.35. The van der Waals surface area contributed by atoms with Gasteiger partial charge in [0.25, 0.3) is 5.91 Å². The average Bonchev–Trinajstić information content (AvgIpc) is 3.25. The summed E-state index contributed by atoms with van der Waals surface area (Å²) >= 11 is 0. The van der Waals surface area contributed by atoms with Crippen molar-refractivity contribution in [3.63, 3.8) is 0 Å². The van der Waals surface area contributed by atoms with Crippen LogP contribution in [-0.2, 0) is 13.1 Å². The third-order valence-electron chi connectivity index (χ3n) is 5.20. The molecule has 1 fully saturated rings. The van der Waals surface area contributed by atoms with Gasteiger partial charge in [0.05, 0.1) is 5.69 Å². The number of pyridine rings is 1. The smallest absolute Gasteiger partial charge is 0.290 e. The van der Waals surface area contributed by atoms with Gasteiger partial charge in [-0.3, -0.25) is 14.7 Å². The van der Waals surface area contributed by atoms with Crippen LogP contribution in [0.15, 0.2) is 59.4 Å². The van der Waals surface area contributed by atoms with E-state index in [-0.39, 0.29) is 23.4 Å². The van der Waals surface area contributed by atoms with Gasteiger partial charge in [-0.1, -0.05) is 17.3 Å². The standard InChI is InChI=1S/C22H23FN4O2/c23-19-5-3-17(4-6-19)14-27-11-1-2-18(15-27)20-12-21(29-26-20)22(28)25-13-16-7-9-24-10-8-16/h3-10,12,18H,1-2,11,13-15H2,(H,25,28)/t18-/m0/s1. The molecular weight excluding hydrogens is 371 g/mol. The minimum atomic E-state index is -0.278. The normalized spacial score (nSPS) is 17.2. The van der Waals surface area contributed by atoms with Gasteiger partial charge in [0.15, 0.2) is 0 Å². The van der Waals surface area contributed by atoms with Crippen molar-refractivity contribution in [2.45, 2.75) is 31.8 Å². The van der Waals surface area contributed by atoms with Gasteiger partial charge in [0.1, 0.15) is 5.82 Å². The highest BCUT2D eigenvalue weighted by Crippen LogP contribution is 2.27. The summed E-state index contributed by atoms with van der Waals surface area (Å²) in [5.41, 5.74) is 2.86. The van der Waals surface area contributed by atoms with E-state index in [1.807, 2.05) is 24.3 Å². The third kappa shape index (κ3) is 5.06. The average molecular weight is 394 g/mol. The lowest BCUT2D eigenvalue weighted by Crippen LogP contribution is -2.34. The first kappa shape index (κ1) is 19.3. The molecule has 1 N–H and O–H groups in total. The van der Waals surface area contributed by atoms with Crippen LogP contribution >= 0.6 is 0 Å². The molecule has 29 heavy (non-hydrogen) atoms. The molecular formula is C22H23FN4O2. The lowest BCUT2D eigenvalue weighted by molar-refractivity contribution is 0.0913. The Morgan fingerprint density at radius 1 is 1.17 bits per heavy atom. The molecule has 2 aromatic heterocycles. The fourth-order valence-corrected chi connectivity index (χ4v) is 3.65. The Labute approximate surface area is 168 Å². The Morgan fingerprint density at radius 2 is 1.97 bits per heavy atom. The second-order valence-electron chi connectivity index (χ2n) is 7.35. The maximum absolute atomic E-state index is 13.1. The highest BCUT2D eigenvalue weighted by molar-refractivity contribution is 5.91. The van der Waals surface area contributed by atoms with Crippen molar-refractivity contribution in [3.8, 4) is 0 Å². The molecule has 6 nitrogen and oxygen atoms in total. The molecule has 1 saturated heterocycles. The number of rotatable bonds is 6. The number of hydrogen-bond acceptors (Lipinski definition) is 5. The third-order valence-corrected chi connectivity index (χ3v) is 5.20. The zero-order chi connectivity index (χ0) is 20.1. The molecule has 3 aromatic rings. The molecule has 0 aliphatic carbocycles. The van der Waals surface area contributed by atoms with Crippen LogP contribution in [0.1, 0.15) is 46.1 Å². The summed E-state index contributed by atoms with van der Waals surface area (Å²) in [5, 5.41) is 6.98. The molecule has 3 heterocycles. The van der Waals surface area contributed by atoms with E-state index < -0.39 is 0 Å². The zero-order valence-corrected chi connectivity index (χ0v) is 16.1. The van der Waals surface area contributed by atoms with Crippen LogP contribution in [0.3, 0.4) is 0 Å². The lowest BCUT2D eigenvalue weighted by atomic mass is 9.94. The molecule has 1 aromatic carbocycles. The van der Waals surface area contributed by atoms with Crippen LogP contribution in [0.5, 0.6) is 0 Å². The summed E-state index contributed by atoms with van der Waals surface area (Å²) in [7, 11) is 0. The van der Waals surface area contributed by atoms with Crippen molar-refractivity contribution in [2.75, 3.05) is 13.1 Å². The number of carbonyl (C=O) groups excluding carboxylic acids is 1. The molecule has 150 valence electrons. The monoisotopic (exact) mass is 394 g/mol. The molecule has 0 spiro atoms. The Hall–Kier alpha value is -3.06. The maximum Gasteiger partial charge on any atom is 0.290 e. The van der Waals surface area contributed by atoms with Gasteiger partial charge < -0.3 is 9.84 Å². The number of aromatic nitrogens is 2. The van der Waals surface area contributed by atoms with E-state index in [9.17, 15) is 9.18 Å². The van der Waals surface area contributed by atoms with E-state index in [0.717, 1.165) is 49.3 Å². The summed E-state index contributed by atoms with van der Waals surface area (Å²) in [6.45, 7) is 3.01. The summed E-state index contributed by atoms with van der Waals surface area (Å²) in [6, 6.07) is 12.1. The van der Waals surface area contributed by atoms with E-state index in [4.69, 9.17) is 4.52 Å². The molecule has 7 heteroatoms. The van der Waals surface area contributed by atoms with Gasteiger partial charge in [-0.25, -0.2) is 4.39 Å². The van der Waals surface area contributed by atoms with Crippen LogP contribution in [-0.4, -0.2) is 34.0 Å². The Morgan fingerprint density at radius 3 is 2.76 bits per heavy atom. The molecule has 1 aliphatic heterocycles. The Balaban J connectivity index is 1.34. The number of likely N-dealkylation sites (tertiary alicyclic amines) is 1. The van der Waals surface area contributed by atoms with Crippen molar-refractivity contribution in [2.24, 2.45) is 0 Å². The van der Waals surface area contributed by atoms with E-state index in [1.165, 1.54) is 12.1 Å². The molecule has 1 atom stereocenters. The quantitative estimate of drug-likeness (QED) is 0.693. The zero-order valence-electron chi connectivity index (χ0n) is 16.1. The maximum atomic E-state index is 13.1. The van der Waals surface area contributed by atoms with Gasteiger partial charge in [-0.15, -0.1) is 0 Å². The first-order valence-electron chi connectivity index (χ1n) is 9.78. The molecule has 0 radical (unpaired) electrons. The summed E-state index contributed by atoms with van der Waals surface area (Å²) in [6.07, 6.45) is 5.43. The van der Waals surface area contributed by atoms with Crippen molar-refractivity contribution in [1.29, 1.82) is 0 Å². The summed E-state index contributed by atoms with van der Waals surface area (Å²) in [5.74, 6) is -0.0541. The first-order valence-corrected chi connectivity index (χ1v) is 9.78. The van der Waals surface area contributed by atoms with E-state index in [0.29, 0.717) is 6.54 Å². The summed E-state index contributed by atoms with van der Waals surface area (Å²) < 4.78 is 18.4. The minimum absolute atomic E-state index is 0.217. The van der Waals surface area contributed by atoms with Gasteiger partial charge in [0, 0.05) is 44.0 Å². The second kappa shape index (κ2) is 8.96. The van der Waals surface area contributed by atoms with Crippen molar-refractivity contribution in [3.05, 3.63) is 83.3 Å². The van der Waals surface area contributed by atoms with Gasteiger partial charge in [-0.2, -0.15) is 0 Å². The van der Waals surface area contributed by atoms with Crippen molar-refractivity contribution >= 4 is 5.91 Å².